The highest BCUT2D eigenvalue weighted by Gasteiger charge is 2.17. The molecule has 0 saturated carbocycles. The van der Waals surface area contributed by atoms with E-state index in [4.69, 9.17) is 11.6 Å². The van der Waals surface area contributed by atoms with Gasteiger partial charge < -0.3 is 15.5 Å². The molecule has 3 N–H and O–H groups in total. The standard InChI is InChI=1S/C15H14ClNO3/c1-9(10-5-2-3-7-12(10)16)17-15(20)11-6-4-8-13(18)14(11)19/h2-9,18-19H,1H3,(H,17,20). The van der Waals surface area contributed by atoms with Crippen LogP contribution in [0.15, 0.2) is 42.5 Å². The molecule has 0 spiro atoms. The molecule has 104 valence electrons. The van der Waals surface area contributed by atoms with Crippen molar-refractivity contribution in [2.24, 2.45) is 0 Å². The number of hydrogen-bond acceptors (Lipinski definition) is 3. The van der Waals surface area contributed by atoms with Crippen molar-refractivity contribution in [1.82, 2.24) is 5.32 Å². The fourth-order valence-corrected chi connectivity index (χ4v) is 2.19. The fraction of sp³-hybridized carbons (Fsp3) is 0.133. The third-order valence-corrected chi connectivity index (χ3v) is 3.32. The molecule has 2 aromatic carbocycles. The van der Waals surface area contributed by atoms with Crippen LogP contribution in [-0.2, 0) is 0 Å². The van der Waals surface area contributed by atoms with E-state index >= 15 is 0 Å². The van der Waals surface area contributed by atoms with Crippen molar-refractivity contribution in [3.8, 4) is 11.5 Å². The van der Waals surface area contributed by atoms with Gasteiger partial charge in [0.2, 0.25) is 0 Å². The Bertz CT molecular complexity index is 643. The Morgan fingerprint density at radius 3 is 2.55 bits per heavy atom. The second-order valence-electron chi connectivity index (χ2n) is 4.39. The van der Waals surface area contributed by atoms with E-state index in [0.29, 0.717) is 5.02 Å². The summed E-state index contributed by atoms with van der Waals surface area (Å²) in [6, 6.07) is 11.1. The molecule has 2 rings (SSSR count). The maximum absolute atomic E-state index is 12.1. The Morgan fingerprint density at radius 2 is 1.85 bits per heavy atom. The smallest absolute Gasteiger partial charge is 0.255 e. The summed E-state index contributed by atoms with van der Waals surface area (Å²) in [5.74, 6) is -1.25. The first-order chi connectivity index (χ1) is 9.50. The van der Waals surface area contributed by atoms with Gasteiger partial charge in [0.25, 0.3) is 5.91 Å². The van der Waals surface area contributed by atoms with Gasteiger partial charge in [0.05, 0.1) is 11.6 Å². The number of amides is 1. The number of carbonyl (C=O) groups excluding carboxylic acids is 1. The number of aromatic hydroxyl groups is 2. The Hall–Kier alpha value is -2.20. The third kappa shape index (κ3) is 2.86. The monoisotopic (exact) mass is 291 g/mol. The van der Waals surface area contributed by atoms with Gasteiger partial charge in [-0.3, -0.25) is 4.79 Å². The first kappa shape index (κ1) is 14.2. The molecule has 2 aromatic rings. The largest absolute Gasteiger partial charge is 0.504 e. The van der Waals surface area contributed by atoms with E-state index in [2.05, 4.69) is 5.32 Å². The predicted octanol–water partition coefficient (Wildman–Crippen LogP) is 3.24. The van der Waals surface area contributed by atoms with Crippen LogP contribution in [0.4, 0.5) is 0 Å². The van der Waals surface area contributed by atoms with E-state index in [0.717, 1.165) is 5.56 Å². The van der Waals surface area contributed by atoms with Gasteiger partial charge in [0.15, 0.2) is 11.5 Å². The molecule has 0 bridgehead atoms. The van der Waals surface area contributed by atoms with Crippen LogP contribution in [0, 0.1) is 0 Å². The normalized spacial score (nSPS) is 11.9. The molecular weight excluding hydrogens is 278 g/mol. The lowest BCUT2D eigenvalue weighted by Gasteiger charge is -2.16. The summed E-state index contributed by atoms with van der Waals surface area (Å²) in [6.07, 6.45) is 0. The van der Waals surface area contributed by atoms with Crippen molar-refractivity contribution in [2.75, 3.05) is 0 Å². The van der Waals surface area contributed by atoms with Crippen LogP contribution >= 0.6 is 11.6 Å². The van der Waals surface area contributed by atoms with Crippen molar-refractivity contribution in [3.63, 3.8) is 0 Å². The lowest BCUT2D eigenvalue weighted by Crippen LogP contribution is -2.26. The van der Waals surface area contributed by atoms with E-state index in [1.54, 1.807) is 19.1 Å². The topological polar surface area (TPSA) is 69.6 Å². The third-order valence-electron chi connectivity index (χ3n) is 2.98. The highest BCUT2D eigenvalue weighted by atomic mass is 35.5. The quantitative estimate of drug-likeness (QED) is 0.760. The van der Waals surface area contributed by atoms with Crippen molar-refractivity contribution >= 4 is 17.5 Å². The summed E-state index contributed by atoms with van der Waals surface area (Å²) in [6.45, 7) is 1.79. The van der Waals surface area contributed by atoms with Crippen molar-refractivity contribution in [2.45, 2.75) is 13.0 Å². The first-order valence-corrected chi connectivity index (χ1v) is 6.44. The average Bonchev–Trinajstić information content (AvgIpc) is 2.42. The second kappa shape index (κ2) is 5.84. The Labute approximate surface area is 121 Å². The molecule has 1 unspecified atom stereocenters. The van der Waals surface area contributed by atoms with Crippen LogP contribution in [0.1, 0.15) is 28.9 Å². The summed E-state index contributed by atoms with van der Waals surface area (Å²) < 4.78 is 0. The molecule has 0 aliphatic rings. The van der Waals surface area contributed by atoms with Gasteiger partial charge in [-0.1, -0.05) is 35.9 Å². The summed E-state index contributed by atoms with van der Waals surface area (Å²) >= 11 is 6.06. The SMILES string of the molecule is CC(NC(=O)c1cccc(O)c1O)c1ccccc1Cl. The molecule has 5 heteroatoms. The second-order valence-corrected chi connectivity index (χ2v) is 4.80. The molecule has 0 radical (unpaired) electrons. The summed E-state index contributed by atoms with van der Waals surface area (Å²) in [7, 11) is 0. The Morgan fingerprint density at radius 1 is 1.15 bits per heavy atom. The molecule has 1 atom stereocenters. The number of phenolic OH excluding ortho intramolecular Hbond substituents is 2. The molecule has 0 heterocycles. The molecule has 0 aliphatic carbocycles. The zero-order valence-corrected chi connectivity index (χ0v) is 11.6. The maximum Gasteiger partial charge on any atom is 0.255 e. The minimum absolute atomic E-state index is 0.0175. The van der Waals surface area contributed by atoms with Gasteiger partial charge in [-0.15, -0.1) is 0 Å². The van der Waals surface area contributed by atoms with Gasteiger partial charge in [-0.25, -0.2) is 0 Å². The lowest BCUT2D eigenvalue weighted by atomic mass is 10.1. The van der Waals surface area contributed by atoms with Crippen molar-refractivity contribution < 1.29 is 15.0 Å². The summed E-state index contributed by atoms with van der Waals surface area (Å²) in [4.78, 5) is 12.1. The molecule has 0 aliphatic heterocycles. The van der Waals surface area contributed by atoms with Crippen LogP contribution in [0.5, 0.6) is 11.5 Å². The van der Waals surface area contributed by atoms with Crippen molar-refractivity contribution in [1.29, 1.82) is 0 Å². The van der Waals surface area contributed by atoms with E-state index in [1.165, 1.54) is 18.2 Å². The van der Waals surface area contributed by atoms with E-state index in [9.17, 15) is 15.0 Å². The van der Waals surface area contributed by atoms with Crippen LogP contribution in [-0.4, -0.2) is 16.1 Å². The van der Waals surface area contributed by atoms with Gasteiger partial charge in [0.1, 0.15) is 0 Å². The highest BCUT2D eigenvalue weighted by Crippen LogP contribution is 2.29. The van der Waals surface area contributed by atoms with Gasteiger partial charge in [-0.2, -0.15) is 0 Å². The number of nitrogens with one attached hydrogen (secondary N) is 1. The van der Waals surface area contributed by atoms with Crippen molar-refractivity contribution in [3.05, 3.63) is 58.6 Å². The molecule has 0 saturated heterocycles. The van der Waals surface area contributed by atoms with Crippen LogP contribution in [0.3, 0.4) is 0 Å². The lowest BCUT2D eigenvalue weighted by molar-refractivity contribution is 0.0936. The first-order valence-electron chi connectivity index (χ1n) is 6.07. The molecule has 0 aromatic heterocycles. The number of halogens is 1. The van der Waals surface area contributed by atoms with Gasteiger partial charge in [-0.05, 0) is 30.7 Å². The number of hydrogen-bond donors (Lipinski definition) is 3. The van der Waals surface area contributed by atoms with E-state index in [1.807, 2.05) is 12.1 Å². The predicted molar refractivity (Wildman–Crippen MR) is 77.1 cm³/mol. The summed E-state index contributed by atoms with van der Waals surface area (Å²) in [5, 5.41) is 22.3. The minimum atomic E-state index is -0.481. The average molecular weight is 292 g/mol. The highest BCUT2D eigenvalue weighted by molar-refractivity contribution is 6.31. The zero-order chi connectivity index (χ0) is 14.7. The summed E-state index contributed by atoms with van der Waals surface area (Å²) in [5.41, 5.74) is 0.797. The minimum Gasteiger partial charge on any atom is -0.504 e. The van der Waals surface area contributed by atoms with Gasteiger partial charge >= 0.3 is 0 Å². The van der Waals surface area contributed by atoms with Crippen LogP contribution in [0.25, 0.3) is 0 Å². The molecule has 0 fully saturated rings. The number of para-hydroxylation sites is 1. The van der Waals surface area contributed by atoms with Crippen LogP contribution in [0.2, 0.25) is 5.02 Å². The number of rotatable bonds is 3. The number of phenols is 2. The van der Waals surface area contributed by atoms with E-state index < -0.39 is 11.7 Å². The fourth-order valence-electron chi connectivity index (χ4n) is 1.89. The zero-order valence-electron chi connectivity index (χ0n) is 10.8. The number of carbonyl (C=O) groups is 1. The van der Waals surface area contributed by atoms with Gasteiger partial charge in [0, 0.05) is 5.02 Å². The number of benzene rings is 2. The maximum atomic E-state index is 12.1. The molecule has 4 nitrogen and oxygen atoms in total. The molecule has 1 amide bonds. The van der Waals surface area contributed by atoms with E-state index in [-0.39, 0.29) is 17.4 Å². The van der Waals surface area contributed by atoms with Crippen LogP contribution < -0.4 is 5.32 Å². The molecular formula is C15H14ClNO3. The molecule has 20 heavy (non-hydrogen) atoms. The Balaban J connectivity index is 2.20. The Kier molecular flexibility index (Phi) is 4.15.